The lowest BCUT2D eigenvalue weighted by Crippen LogP contribution is -2.08. The van der Waals surface area contributed by atoms with Gasteiger partial charge in [-0.2, -0.15) is 0 Å². The van der Waals surface area contributed by atoms with Crippen molar-refractivity contribution in [3.05, 3.63) is 54.2 Å². The number of aryl methyl sites for hydroxylation is 3. The average molecular weight is 268 g/mol. The van der Waals surface area contributed by atoms with Crippen LogP contribution in [-0.2, 0) is 19.6 Å². The molecule has 0 radical (unpaired) electrons. The zero-order chi connectivity index (χ0) is 13.9. The van der Waals surface area contributed by atoms with Gasteiger partial charge >= 0.3 is 0 Å². The minimum absolute atomic E-state index is 0.905. The van der Waals surface area contributed by atoms with Crippen LogP contribution in [0.5, 0.6) is 0 Å². The monoisotopic (exact) mass is 268 g/mol. The van der Waals surface area contributed by atoms with Gasteiger partial charge in [0.05, 0.1) is 0 Å². The first-order chi connectivity index (χ1) is 9.79. The molecule has 0 amide bonds. The van der Waals surface area contributed by atoms with Gasteiger partial charge in [-0.15, -0.1) is 0 Å². The van der Waals surface area contributed by atoms with Crippen molar-refractivity contribution < 1.29 is 0 Å². The van der Waals surface area contributed by atoms with Crippen molar-refractivity contribution >= 4 is 10.9 Å². The summed E-state index contributed by atoms with van der Waals surface area (Å²) in [6.07, 6.45) is 6.07. The third kappa shape index (κ3) is 2.34. The third-order valence-corrected chi connectivity index (χ3v) is 3.78. The maximum atomic E-state index is 4.26. The van der Waals surface area contributed by atoms with Crippen LogP contribution in [0.15, 0.2) is 42.9 Å². The summed E-state index contributed by atoms with van der Waals surface area (Å²) in [5.74, 6) is 1.07. The quantitative estimate of drug-likeness (QED) is 0.772. The number of hydrogen-bond donors (Lipinski definition) is 1. The van der Waals surface area contributed by atoms with Gasteiger partial charge in [-0.1, -0.05) is 12.1 Å². The van der Waals surface area contributed by atoms with Crippen LogP contribution in [0, 0.1) is 6.92 Å². The highest BCUT2D eigenvalue weighted by molar-refractivity contribution is 5.83. The van der Waals surface area contributed by atoms with Crippen LogP contribution in [0.1, 0.15) is 11.4 Å². The summed E-state index contributed by atoms with van der Waals surface area (Å²) in [5, 5.41) is 4.56. The second kappa shape index (κ2) is 5.51. The van der Waals surface area contributed by atoms with Crippen LogP contribution in [-0.4, -0.2) is 21.2 Å². The standard InChI is InChI=1S/C16H20N4/c1-13-18-7-9-19(13)10-11-20-8-6-15-14(12-17-2)4-3-5-16(15)20/h3-9,17H,10-12H2,1-2H3. The molecule has 2 aromatic heterocycles. The Labute approximate surface area is 119 Å². The number of hydrogen-bond acceptors (Lipinski definition) is 2. The first kappa shape index (κ1) is 12.9. The summed E-state index contributed by atoms with van der Waals surface area (Å²) in [6.45, 7) is 4.86. The Morgan fingerprint density at radius 1 is 1.10 bits per heavy atom. The fourth-order valence-electron chi connectivity index (χ4n) is 2.68. The van der Waals surface area contributed by atoms with Gasteiger partial charge in [0.2, 0.25) is 0 Å². The predicted octanol–water partition coefficient (Wildman–Crippen LogP) is 2.57. The molecule has 0 aliphatic heterocycles. The van der Waals surface area contributed by atoms with Crippen LogP contribution in [0.25, 0.3) is 10.9 Å². The van der Waals surface area contributed by atoms with Crippen LogP contribution in [0.2, 0.25) is 0 Å². The first-order valence-corrected chi connectivity index (χ1v) is 6.98. The molecule has 0 spiro atoms. The second-order valence-corrected chi connectivity index (χ2v) is 5.06. The Balaban J connectivity index is 1.85. The van der Waals surface area contributed by atoms with Gasteiger partial charge < -0.3 is 14.5 Å². The molecule has 4 nitrogen and oxygen atoms in total. The van der Waals surface area contributed by atoms with Crippen molar-refractivity contribution in [1.82, 2.24) is 19.4 Å². The Bertz CT molecular complexity index is 708. The lowest BCUT2D eigenvalue weighted by molar-refractivity contribution is 0.580. The molecule has 0 bridgehead atoms. The van der Waals surface area contributed by atoms with E-state index in [9.17, 15) is 0 Å². The minimum Gasteiger partial charge on any atom is -0.346 e. The van der Waals surface area contributed by atoms with E-state index in [1.165, 1.54) is 16.5 Å². The Hall–Kier alpha value is -2.07. The van der Waals surface area contributed by atoms with E-state index in [4.69, 9.17) is 0 Å². The molecular formula is C16H20N4. The van der Waals surface area contributed by atoms with Crippen molar-refractivity contribution in [1.29, 1.82) is 0 Å². The second-order valence-electron chi connectivity index (χ2n) is 5.06. The molecule has 2 heterocycles. The van der Waals surface area contributed by atoms with Crippen LogP contribution in [0.4, 0.5) is 0 Å². The molecule has 4 heteroatoms. The number of benzene rings is 1. The van der Waals surface area contributed by atoms with Gasteiger partial charge in [0.15, 0.2) is 0 Å². The third-order valence-electron chi connectivity index (χ3n) is 3.78. The zero-order valence-corrected chi connectivity index (χ0v) is 12.0. The molecule has 20 heavy (non-hydrogen) atoms. The largest absolute Gasteiger partial charge is 0.346 e. The van der Waals surface area contributed by atoms with Crippen molar-refractivity contribution in [3.8, 4) is 0 Å². The lowest BCUT2D eigenvalue weighted by Gasteiger charge is -2.09. The van der Waals surface area contributed by atoms with Crippen molar-refractivity contribution in [2.75, 3.05) is 7.05 Å². The van der Waals surface area contributed by atoms with E-state index < -0.39 is 0 Å². The topological polar surface area (TPSA) is 34.8 Å². The highest BCUT2D eigenvalue weighted by Crippen LogP contribution is 2.20. The SMILES string of the molecule is CNCc1cccc2c1ccn2CCn1ccnc1C. The van der Waals surface area contributed by atoms with E-state index in [1.807, 2.05) is 26.4 Å². The highest BCUT2D eigenvalue weighted by atomic mass is 15.1. The van der Waals surface area contributed by atoms with Crippen LogP contribution in [0.3, 0.4) is 0 Å². The average Bonchev–Trinajstić information content (AvgIpc) is 3.04. The first-order valence-electron chi connectivity index (χ1n) is 6.98. The Morgan fingerprint density at radius 3 is 2.70 bits per heavy atom. The summed E-state index contributed by atoms with van der Waals surface area (Å²) in [4.78, 5) is 4.26. The summed E-state index contributed by atoms with van der Waals surface area (Å²) >= 11 is 0. The normalized spacial score (nSPS) is 11.3. The molecule has 104 valence electrons. The van der Waals surface area contributed by atoms with E-state index in [2.05, 4.69) is 49.9 Å². The molecular weight excluding hydrogens is 248 g/mol. The van der Waals surface area contributed by atoms with E-state index >= 15 is 0 Å². The number of rotatable bonds is 5. The molecule has 0 fully saturated rings. The number of fused-ring (bicyclic) bond motifs is 1. The number of aromatic nitrogens is 3. The van der Waals surface area contributed by atoms with E-state index in [0.717, 1.165) is 25.5 Å². The van der Waals surface area contributed by atoms with E-state index in [-0.39, 0.29) is 0 Å². The zero-order valence-electron chi connectivity index (χ0n) is 12.0. The summed E-state index contributed by atoms with van der Waals surface area (Å²) in [7, 11) is 1.98. The summed E-state index contributed by atoms with van der Waals surface area (Å²) in [6, 6.07) is 8.72. The lowest BCUT2D eigenvalue weighted by atomic mass is 10.1. The van der Waals surface area contributed by atoms with E-state index in [0.29, 0.717) is 0 Å². The maximum Gasteiger partial charge on any atom is 0.105 e. The molecule has 0 aliphatic rings. The fraction of sp³-hybridized carbons (Fsp3) is 0.312. The predicted molar refractivity (Wildman–Crippen MR) is 81.7 cm³/mol. The van der Waals surface area contributed by atoms with Crippen molar-refractivity contribution in [2.24, 2.45) is 0 Å². The number of nitrogens with zero attached hydrogens (tertiary/aromatic N) is 3. The summed E-state index contributed by atoms with van der Waals surface area (Å²) in [5.41, 5.74) is 2.65. The van der Waals surface area contributed by atoms with Crippen LogP contribution >= 0.6 is 0 Å². The Kier molecular flexibility index (Phi) is 3.56. The maximum absolute atomic E-state index is 4.26. The molecule has 1 N–H and O–H groups in total. The molecule has 0 unspecified atom stereocenters. The van der Waals surface area contributed by atoms with Crippen LogP contribution < -0.4 is 5.32 Å². The number of imidazole rings is 1. The molecule has 0 atom stereocenters. The van der Waals surface area contributed by atoms with Crippen molar-refractivity contribution in [2.45, 2.75) is 26.6 Å². The van der Waals surface area contributed by atoms with E-state index in [1.54, 1.807) is 0 Å². The smallest absolute Gasteiger partial charge is 0.105 e. The van der Waals surface area contributed by atoms with Crippen molar-refractivity contribution in [3.63, 3.8) is 0 Å². The minimum atomic E-state index is 0.905. The number of nitrogens with one attached hydrogen (secondary N) is 1. The highest BCUT2D eigenvalue weighted by Gasteiger charge is 2.05. The van der Waals surface area contributed by atoms with Gasteiger partial charge in [0.25, 0.3) is 0 Å². The van der Waals surface area contributed by atoms with Gasteiger partial charge in [-0.05, 0) is 31.7 Å². The Morgan fingerprint density at radius 2 is 1.95 bits per heavy atom. The van der Waals surface area contributed by atoms with Gasteiger partial charge in [-0.3, -0.25) is 0 Å². The molecule has 0 aliphatic carbocycles. The summed E-state index contributed by atoms with van der Waals surface area (Å²) < 4.78 is 4.50. The fourth-order valence-corrected chi connectivity index (χ4v) is 2.68. The molecule has 3 rings (SSSR count). The molecule has 0 saturated heterocycles. The molecule has 1 aromatic carbocycles. The van der Waals surface area contributed by atoms with Gasteiger partial charge in [-0.25, -0.2) is 4.98 Å². The van der Waals surface area contributed by atoms with Gasteiger partial charge in [0, 0.05) is 49.1 Å². The molecule has 0 saturated carbocycles. The molecule has 3 aromatic rings. The van der Waals surface area contributed by atoms with Gasteiger partial charge in [0.1, 0.15) is 5.82 Å².